The van der Waals surface area contributed by atoms with Crippen molar-refractivity contribution in [3.05, 3.63) is 39.8 Å². The summed E-state index contributed by atoms with van der Waals surface area (Å²) in [5.74, 6) is 0. The maximum absolute atomic E-state index is 11.3. The molecule has 0 saturated carbocycles. The fraction of sp³-hybridized carbons (Fsp3) is 0. The van der Waals surface area contributed by atoms with Crippen LogP contribution in [0.4, 0.5) is 0 Å². The van der Waals surface area contributed by atoms with Gasteiger partial charge in [0.25, 0.3) is 0 Å². The molecule has 0 aliphatic rings. The molecular weight excluding hydrogens is 214 g/mol. The number of nitrogens with one attached hydrogen (secondary N) is 2. The number of benzene rings is 1. The number of H-pyrrole nitrogens is 2. The van der Waals surface area contributed by atoms with Crippen LogP contribution < -0.4 is 5.43 Å². The molecule has 5 heteroatoms. The molecule has 4 nitrogen and oxygen atoms in total. The van der Waals surface area contributed by atoms with Gasteiger partial charge in [-0.2, -0.15) is 0 Å². The normalized spacial score (nSPS) is 11.3. The predicted molar refractivity (Wildman–Crippen MR) is 59.2 cm³/mol. The standard InChI is InChI=1S/C10H6ClN3O/c11-10-9-7(4-12-14-9)6-3-5(15)1-2-8(6)13-10/h1-4,12,14H. The second kappa shape index (κ2) is 2.84. The van der Waals surface area contributed by atoms with Gasteiger partial charge in [-0.25, -0.2) is 4.98 Å². The fourth-order valence-corrected chi connectivity index (χ4v) is 1.93. The van der Waals surface area contributed by atoms with E-state index in [-0.39, 0.29) is 5.43 Å². The van der Waals surface area contributed by atoms with E-state index in [9.17, 15) is 4.79 Å². The Morgan fingerprint density at radius 2 is 2.13 bits per heavy atom. The highest BCUT2D eigenvalue weighted by Gasteiger charge is 2.07. The maximum Gasteiger partial charge on any atom is 0.179 e. The highest BCUT2D eigenvalue weighted by molar-refractivity contribution is 6.35. The molecule has 0 radical (unpaired) electrons. The zero-order valence-corrected chi connectivity index (χ0v) is 8.30. The zero-order valence-electron chi connectivity index (χ0n) is 7.54. The second-order valence-corrected chi connectivity index (χ2v) is 3.64. The van der Waals surface area contributed by atoms with Crippen molar-refractivity contribution in [3.63, 3.8) is 0 Å². The summed E-state index contributed by atoms with van der Waals surface area (Å²) in [5.41, 5.74) is 1.41. The summed E-state index contributed by atoms with van der Waals surface area (Å²) >= 11 is 5.98. The van der Waals surface area contributed by atoms with Crippen LogP contribution in [0.3, 0.4) is 0 Å². The molecule has 0 amide bonds. The van der Waals surface area contributed by atoms with E-state index in [4.69, 9.17) is 11.6 Å². The third-order valence-corrected chi connectivity index (χ3v) is 2.64. The summed E-state index contributed by atoms with van der Waals surface area (Å²) in [6.45, 7) is 0. The molecule has 0 fully saturated rings. The van der Waals surface area contributed by atoms with Gasteiger partial charge in [-0.3, -0.25) is 9.89 Å². The quantitative estimate of drug-likeness (QED) is 0.569. The van der Waals surface area contributed by atoms with Crippen LogP contribution in [0.5, 0.6) is 0 Å². The molecule has 1 aromatic carbocycles. The van der Waals surface area contributed by atoms with Crippen molar-refractivity contribution in [2.45, 2.75) is 0 Å². The topological polar surface area (TPSA) is 61.5 Å². The average Bonchev–Trinajstić information content (AvgIpc) is 2.69. The van der Waals surface area contributed by atoms with Gasteiger partial charge in [0.15, 0.2) is 10.6 Å². The van der Waals surface area contributed by atoms with Crippen LogP contribution in [0, 0.1) is 0 Å². The average molecular weight is 220 g/mol. The molecule has 15 heavy (non-hydrogen) atoms. The highest BCUT2D eigenvalue weighted by atomic mass is 35.5. The Morgan fingerprint density at radius 1 is 1.27 bits per heavy atom. The number of halogens is 1. The van der Waals surface area contributed by atoms with Crippen LogP contribution in [0.2, 0.25) is 5.15 Å². The number of hydrogen-bond donors (Lipinski definition) is 2. The summed E-state index contributed by atoms with van der Waals surface area (Å²) in [5, 5.41) is 7.80. The Hall–Kier alpha value is -1.81. The number of fused-ring (bicyclic) bond motifs is 3. The van der Waals surface area contributed by atoms with Crippen LogP contribution in [-0.2, 0) is 0 Å². The van der Waals surface area contributed by atoms with E-state index in [2.05, 4.69) is 15.2 Å². The molecule has 0 atom stereocenters. The first-order valence-corrected chi connectivity index (χ1v) is 4.78. The molecule has 2 N–H and O–H groups in total. The van der Waals surface area contributed by atoms with Crippen LogP contribution in [-0.4, -0.2) is 15.2 Å². The third kappa shape index (κ3) is 1.15. The Morgan fingerprint density at radius 3 is 3.00 bits per heavy atom. The van der Waals surface area contributed by atoms with Gasteiger partial charge in [0, 0.05) is 17.0 Å². The van der Waals surface area contributed by atoms with E-state index < -0.39 is 0 Å². The van der Waals surface area contributed by atoms with E-state index in [1.165, 1.54) is 6.07 Å². The first-order valence-electron chi connectivity index (χ1n) is 4.41. The minimum absolute atomic E-state index is 0.0332. The van der Waals surface area contributed by atoms with E-state index in [0.29, 0.717) is 5.15 Å². The number of aromatic nitrogens is 3. The molecule has 0 bridgehead atoms. The zero-order chi connectivity index (χ0) is 10.4. The summed E-state index contributed by atoms with van der Waals surface area (Å²) < 4.78 is 0. The lowest BCUT2D eigenvalue weighted by molar-refractivity contribution is 1.12. The van der Waals surface area contributed by atoms with Gasteiger partial charge in [-0.05, 0) is 18.2 Å². The Balaban J connectivity index is 2.67. The SMILES string of the molecule is O=c1ccc2nc(Cl)c3[nH][nH]cc3c2c1. The smallest absolute Gasteiger partial charge is 0.179 e. The molecule has 3 aromatic rings. The lowest BCUT2D eigenvalue weighted by Crippen LogP contribution is -1.95. The van der Waals surface area contributed by atoms with Crippen molar-refractivity contribution in [2.24, 2.45) is 0 Å². The molecule has 74 valence electrons. The Bertz CT molecular complexity index is 713. The molecule has 2 aromatic heterocycles. The second-order valence-electron chi connectivity index (χ2n) is 3.28. The number of hydrogen-bond acceptors (Lipinski definition) is 2. The van der Waals surface area contributed by atoms with Crippen molar-refractivity contribution < 1.29 is 0 Å². The van der Waals surface area contributed by atoms with E-state index in [1.54, 1.807) is 18.3 Å². The van der Waals surface area contributed by atoms with E-state index >= 15 is 0 Å². The minimum atomic E-state index is -0.0332. The monoisotopic (exact) mass is 219 g/mol. The van der Waals surface area contributed by atoms with Crippen molar-refractivity contribution >= 4 is 33.4 Å². The maximum atomic E-state index is 11.3. The number of aromatic amines is 2. The lowest BCUT2D eigenvalue weighted by Gasteiger charge is -1.98. The first kappa shape index (κ1) is 8.49. The Kier molecular flexibility index (Phi) is 1.61. The molecular formula is C10H6ClN3O. The van der Waals surface area contributed by atoms with Crippen molar-refractivity contribution in [1.82, 2.24) is 15.2 Å². The van der Waals surface area contributed by atoms with Gasteiger partial charge in [0.2, 0.25) is 0 Å². The van der Waals surface area contributed by atoms with Gasteiger partial charge in [0.1, 0.15) is 5.52 Å². The summed E-state index contributed by atoms with van der Waals surface area (Å²) in [6, 6.07) is 4.71. The number of rotatable bonds is 0. The van der Waals surface area contributed by atoms with Crippen LogP contribution >= 0.6 is 11.6 Å². The summed E-state index contributed by atoms with van der Waals surface area (Å²) in [6.07, 6.45) is 1.77. The van der Waals surface area contributed by atoms with Gasteiger partial charge < -0.3 is 5.10 Å². The third-order valence-electron chi connectivity index (χ3n) is 2.37. The van der Waals surface area contributed by atoms with Gasteiger partial charge in [-0.1, -0.05) is 11.6 Å². The Labute approximate surface area is 88.9 Å². The van der Waals surface area contributed by atoms with Crippen LogP contribution in [0.1, 0.15) is 0 Å². The van der Waals surface area contributed by atoms with E-state index in [0.717, 1.165) is 21.8 Å². The number of nitrogens with zero attached hydrogens (tertiary/aromatic N) is 1. The van der Waals surface area contributed by atoms with E-state index in [1.807, 2.05) is 0 Å². The molecule has 0 spiro atoms. The van der Waals surface area contributed by atoms with Crippen LogP contribution in [0.15, 0.2) is 29.2 Å². The molecule has 0 unspecified atom stereocenters. The highest BCUT2D eigenvalue weighted by Crippen LogP contribution is 2.25. The fourth-order valence-electron chi connectivity index (χ4n) is 1.69. The summed E-state index contributed by atoms with van der Waals surface area (Å²) in [4.78, 5) is 15.4. The number of pyridine rings is 1. The van der Waals surface area contributed by atoms with Crippen LogP contribution in [0.25, 0.3) is 21.8 Å². The van der Waals surface area contributed by atoms with Gasteiger partial charge in [0.05, 0.1) is 5.52 Å². The van der Waals surface area contributed by atoms with Crippen molar-refractivity contribution in [1.29, 1.82) is 0 Å². The minimum Gasteiger partial charge on any atom is -0.307 e. The van der Waals surface area contributed by atoms with Gasteiger partial charge >= 0.3 is 0 Å². The molecule has 0 aliphatic heterocycles. The first-order chi connectivity index (χ1) is 7.25. The molecule has 2 heterocycles. The molecule has 0 saturated heterocycles. The van der Waals surface area contributed by atoms with Crippen molar-refractivity contribution in [3.8, 4) is 0 Å². The molecule has 3 rings (SSSR count). The molecule has 0 aliphatic carbocycles. The summed E-state index contributed by atoms with van der Waals surface area (Å²) in [7, 11) is 0. The van der Waals surface area contributed by atoms with Crippen molar-refractivity contribution in [2.75, 3.05) is 0 Å². The lowest BCUT2D eigenvalue weighted by atomic mass is 10.1. The largest absolute Gasteiger partial charge is 0.307 e. The van der Waals surface area contributed by atoms with Gasteiger partial charge in [-0.15, -0.1) is 0 Å². The predicted octanol–water partition coefficient (Wildman–Crippen LogP) is 2.06.